The van der Waals surface area contributed by atoms with Crippen molar-refractivity contribution in [2.24, 2.45) is 0 Å². The van der Waals surface area contributed by atoms with Crippen LogP contribution in [0.5, 0.6) is 11.5 Å². The summed E-state index contributed by atoms with van der Waals surface area (Å²) in [7, 11) is 0. The Morgan fingerprint density at radius 1 is 1.10 bits per heavy atom. The lowest BCUT2D eigenvalue weighted by molar-refractivity contribution is 0.476. The van der Waals surface area contributed by atoms with Gasteiger partial charge in [0.1, 0.15) is 17.3 Å². The van der Waals surface area contributed by atoms with Crippen molar-refractivity contribution in [2.75, 3.05) is 0 Å². The molecular weight excluding hydrogens is 277 g/mol. The van der Waals surface area contributed by atoms with E-state index in [0.29, 0.717) is 17.5 Å². The molecule has 0 aromatic heterocycles. The number of benzene rings is 2. The van der Waals surface area contributed by atoms with Gasteiger partial charge in [0.2, 0.25) is 0 Å². The summed E-state index contributed by atoms with van der Waals surface area (Å²) in [5.41, 5.74) is 1.21. The fourth-order valence-corrected chi connectivity index (χ4v) is 2.02. The van der Waals surface area contributed by atoms with Crippen molar-refractivity contribution in [3.63, 3.8) is 0 Å². The van der Waals surface area contributed by atoms with Crippen LogP contribution in [0.25, 0.3) is 0 Å². The maximum atomic E-state index is 13.3. The van der Waals surface area contributed by atoms with Crippen molar-refractivity contribution in [3.8, 4) is 11.5 Å². The highest BCUT2D eigenvalue weighted by Crippen LogP contribution is 2.26. The lowest BCUT2D eigenvalue weighted by Crippen LogP contribution is -2.14. The summed E-state index contributed by atoms with van der Waals surface area (Å²) in [6, 6.07) is 12.9. The zero-order valence-corrected chi connectivity index (χ0v) is 11.7. The van der Waals surface area contributed by atoms with Gasteiger partial charge in [-0.3, -0.25) is 0 Å². The van der Waals surface area contributed by atoms with Gasteiger partial charge in [0, 0.05) is 18.7 Å². The lowest BCUT2D eigenvalue weighted by Gasteiger charge is -2.08. The molecule has 4 heteroatoms. The van der Waals surface area contributed by atoms with E-state index in [1.165, 1.54) is 30.5 Å². The van der Waals surface area contributed by atoms with Crippen molar-refractivity contribution in [2.45, 2.75) is 25.4 Å². The zero-order chi connectivity index (χ0) is 13.9. The third kappa shape index (κ3) is 3.50. The van der Waals surface area contributed by atoms with Crippen LogP contribution in [0, 0.1) is 5.82 Å². The molecule has 0 radical (unpaired) electrons. The van der Waals surface area contributed by atoms with E-state index in [1.54, 1.807) is 6.07 Å². The highest BCUT2D eigenvalue weighted by Gasteiger charge is 2.19. The molecule has 2 nitrogen and oxygen atoms in total. The van der Waals surface area contributed by atoms with Crippen LogP contribution in [0.1, 0.15) is 18.4 Å². The average Bonchev–Trinajstić information content (AvgIpc) is 3.26. The first-order valence-corrected chi connectivity index (χ1v) is 7.04. The molecule has 1 aliphatic carbocycles. The molecule has 104 valence electrons. The fourth-order valence-electron chi connectivity index (χ4n) is 1.90. The molecule has 2 aromatic carbocycles. The normalized spacial score (nSPS) is 14.3. The summed E-state index contributed by atoms with van der Waals surface area (Å²) in [4.78, 5) is 0. The highest BCUT2D eigenvalue weighted by atomic mass is 35.5. The number of halogens is 2. The minimum atomic E-state index is -0.477. The van der Waals surface area contributed by atoms with Gasteiger partial charge in [-0.05, 0) is 42.7 Å². The first-order chi connectivity index (χ1) is 9.70. The zero-order valence-electron chi connectivity index (χ0n) is 10.9. The van der Waals surface area contributed by atoms with Crippen molar-refractivity contribution < 1.29 is 9.13 Å². The molecule has 1 aliphatic rings. The molecule has 20 heavy (non-hydrogen) atoms. The van der Waals surface area contributed by atoms with E-state index in [-0.39, 0.29) is 5.02 Å². The number of hydrogen-bond donors (Lipinski definition) is 1. The highest BCUT2D eigenvalue weighted by molar-refractivity contribution is 6.30. The first-order valence-electron chi connectivity index (χ1n) is 6.66. The number of hydrogen-bond acceptors (Lipinski definition) is 2. The molecule has 0 amide bonds. The molecule has 0 heterocycles. The van der Waals surface area contributed by atoms with E-state index in [4.69, 9.17) is 16.3 Å². The van der Waals surface area contributed by atoms with Crippen molar-refractivity contribution >= 4 is 11.6 Å². The Hall–Kier alpha value is -1.58. The van der Waals surface area contributed by atoms with E-state index in [0.717, 1.165) is 6.54 Å². The van der Waals surface area contributed by atoms with Crippen molar-refractivity contribution in [1.29, 1.82) is 0 Å². The summed E-state index contributed by atoms with van der Waals surface area (Å²) >= 11 is 5.63. The van der Waals surface area contributed by atoms with E-state index in [1.807, 2.05) is 24.3 Å². The lowest BCUT2D eigenvalue weighted by atomic mass is 10.2. The molecule has 0 unspecified atom stereocenters. The Labute approximate surface area is 122 Å². The minimum absolute atomic E-state index is 0.0962. The first kappa shape index (κ1) is 13.4. The molecule has 0 spiro atoms. The van der Waals surface area contributed by atoms with Crippen LogP contribution in [0.2, 0.25) is 5.02 Å². The predicted octanol–water partition coefficient (Wildman–Crippen LogP) is 4.52. The van der Waals surface area contributed by atoms with Gasteiger partial charge in [0.05, 0.1) is 5.02 Å². The Kier molecular flexibility index (Phi) is 3.90. The summed E-state index contributed by atoms with van der Waals surface area (Å²) in [5, 5.41) is 3.55. The molecule has 2 aromatic rings. The van der Waals surface area contributed by atoms with E-state index >= 15 is 0 Å². The van der Waals surface area contributed by atoms with Gasteiger partial charge in [-0.2, -0.15) is 0 Å². The average molecular weight is 292 g/mol. The maximum absolute atomic E-state index is 13.3. The topological polar surface area (TPSA) is 21.3 Å². The van der Waals surface area contributed by atoms with Crippen molar-refractivity contribution in [1.82, 2.24) is 5.32 Å². The number of ether oxygens (including phenoxy) is 1. The second-order valence-corrected chi connectivity index (χ2v) is 5.38. The Morgan fingerprint density at radius 2 is 1.80 bits per heavy atom. The predicted molar refractivity (Wildman–Crippen MR) is 77.8 cm³/mol. The molecule has 1 saturated carbocycles. The van der Waals surface area contributed by atoms with Crippen LogP contribution in [0.3, 0.4) is 0 Å². The second kappa shape index (κ2) is 5.81. The molecule has 0 aliphatic heterocycles. The van der Waals surface area contributed by atoms with Crippen molar-refractivity contribution in [3.05, 3.63) is 58.9 Å². The molecule has 0 bridgehead atoms. The summed E-state index contributed by atoms with van der Waals surface area (Å²) in [5.74, 6) is 0.645. The molecule has 1 N–H and O–H groups in total. The van der Waals surface area contributed by atoms with Gasteiger partial charge in [0.25, 0.3) is 0 Å². The summed E-state index contributed by atoms with van der Waals surface area (Å²) in [6.45, 7) is 0.876. The van der Waals surface area contributed by atoms with Crippen LogP contribution in [-0.2, 0) is 6.54 Å². The quantitative estimate of drug-likeness (QED) is 0.874. The summed E-state index contributed by atoms with van der Waals surface area (Å²) < 4.78 is 18.9. The molecule has 0 saturated heterocycles. The second-order valence-electron chi connectivity index (χ2n) is 4.98. The summed E-state index contributed by atoms with van der Waals surface area (Å²) in [6.07, 6.45) is 2.56. The van der Waals surface area contributed by atoms with Gasteiger partial charge >= 0.3 is 0 Å². The Morgan fingerprint density at radius 3 is 2.45 bits per heavy atom. The van der Waals surface area contributed by atoms with Gasteiger partial charge in [0.15, 0.2) is 0 Å². The van der Waals surface area contributed by atoms with Crippen LogP contribution >= 0.6 is 11.6 Å². The molecular formula is C16H15ClFNO. The van der Waals surface area contributed by atoms with E-state index in [9.17, 15) is 4.39 Å². The van der Waals surface area contributed by atoms with Gasteiger partial charge in [-0.15, -0.1) is 0 Å². The minimum Gasteiger partial charge on any atom is -0.457 e. The van der Waals surface area contributed by atoms with Gasteiger partial charge < -0.3 is 10.1 Å². The molecule has 3 rings (SSSR count). The van der Waals surface area contributed by atoms with Crippen LogP contribution in [0.15, 0.2) is 42.5 Å². The number of rotatable bonds is 5. The van der Waals surface area contributed by atoms with Crippen LogP contribution < -0.4 is 10.1 Å². The van der Waals surface area contributed by atoms with Gasteiger partial charge in [-0.1, -0.05) is 23.7 Å². The molecule has 1 fully saturated rings. The fraction of sp³-hybridized carbons (Fsp3) is 0.250. The maximum Gasteiger partial charge on any atom is 0.145 e. The smallest absolute Gasteiger partial charge is 0.145 e. The van der Waals surface area contributed by atoms with E-state index < -0.39 is 5.82 Å². The third-order valence-electron chi connectivity index (χ3n) is 3.22. The standard InChI is InChI=1S/C16H15ClFNO/c17-15-8-7-14(9-16(15)18)20-13-5-1-11(2-6-13)10-19-12-3-4-12/h1-2,5-9,12,19H,3-4,10H2. The molecule has 0 atom stereocenters. The van der Waals surface area contributed by atoms with E-state index in [2.05, 4.69) is 5.32 Å². The monoisotopic (exact) mass is 291 g/mol. The third-order valence-corrected chi connectivity index (χ3v) is 3.53. The Bertz CT molecular complexity index is 596. The number of nitrogens with one attached hydrogen (secondary N) is 1. The van der Waals surface area contributed by atoms with Crippen LogP contribution in [0.4, 0.5) is 4.39 Å². The van der Waals surface area contributed by atoms with Gasteiger partial charge in [-0.25, -0.2) is 4.39 Å². The van der Waals surface area contributed by atoms with Crippen LogP contribution in [-0.4, -0.2) is 6.04 Å². The SMILES string of the molecule is Fc1cc(Oc2ccc(CNC3CC3)cc2)ccc1Cl. The Balaban J connectivity index is 1.62. The largest absolute Gasteiger partial charge is 0.457 e.